The van der Waals surface area contributed by atoms with Gasteiger partial charge in [0, 0.05) is 62.2 Å². The smallest absolute Gasteiger partial charge is 0.0366 e. The van der Waals surface area contributed by atoms with Crippen molar-refractivity contribution in [3.63, 3.8) is 0 Å². The van der Waals surface area contributed by atoms with Crippen molar-refractivity contribution in [1.29, 1.82) is 0 Å². The molecule has 0 heterocycles. The van der Waals surface area contributed by atoms with Crippen LogP contribution in [0.4, 0.5) is 17.1 Å². The SMILES string of the molecule is C.C.CCN(CC)c1ccc(C(c2ccc(N(CC)CC)cc2)c2ccc(N(CC)CC)cc2)cc1. The van der Waals surface area contributed by atoms with Crippen LogP contribution in [0.2, 0.25) is 0 Å². The van der Waals surface area contributed by atoms with Crippen LogP contribution in [0.3, 0.4) is 0 Å². The number of benzene rings is 3. The standard InChI is InChI=1S/C31H43N3.2CH4/c1-7-32(8-2)28-19-13-25(14-20-28)31(26-15-21-29(22-16-26)33(9-3)10-4)27-17-23-30(24-18-27)34(11-5)12-6;;/h13-24,31H,7-12H2,1-6H3;2*1H4. The molecule has 0 bridgehead atoms. The minimum Gasteiger partial charge on any atom is -0.372 e. The van der Waals surface area contributed by atoms with Gasteiger partial charge in [0.15, 0.2) is 0 Å². The largest absolute Gasteiger partial charge is 0.372 e. The maximum Gasteiger partial charge on any atom is 0.0366 e. The van der Waals surface area contributed by atoms with Gasteiger partial charge in [0.2, 0.25) is 0 Å². The second kappa shape index (κ2) is 15.2. The summed E-state index contributed by atoms with van der Waals surface area (Å²) in [7, 11) is 0. The Hall–Kier alpha value is -2.94. The quantitative estimate of drug-likeness (QED) is 0.236. The molecule has 3 rings (SSSR count). The van der Waals surface area contributed by atoms with E-state index in [0.717, 1.165) is 39.3 Å². The maximum atomic E-state index is 2.40. The third kappa shape index (κ3) is 7.06. The zero-order chi connectivity index (χ0) is 24.5. The predicted octanol–water partition coefficient (Wildman–Crippen LogP) is 8.68. The summed E-state index contributed by atoms with van der Waals surface area (Å²) < 4.78 is 0. The molecule has 0 saturated heterocycles. The van der Waals surface area contributed by atoms with Crippen molar-refractivity contribution in [1.82, 2.24) is 0 Å². The summed E-state index contributed by atoms with van der Waals surface area (Å²) in [6.07, 6.45) is 0. The number of hydrogen-bond donors (Lipinski definition) is 0. The van der Waals surface area contributed by atoms with Crippen molar-refractivity contribution in [2.24, 2.45) is 0 Å². The highest BCUT2D eigenvalue weighted by molar-refractivity contribution is 5.56. The summed E-state index contributed by atoms with van der Waals surface area (Å²) in [5, 5.41) is 0. The number of rotatable bonds is 12. The molecule has 0 aliphatic heterocycles. The molecule has 3 nitrogen and oxygen atoms in total. The van der Waals surface area contributed by atoms with E-state index in [4.69, 9.17) is 0 Å². The lowest BCUT2D eigenvalue weighted by molar-refractivity contribution is 0.861. The van der Waals surface area contributed by atoms with Crippen LogP contribution < -0.4 is 14.7 Å². The van der Waals surface area contributed by atoms with E-state index in [-0.39, 0.29) is 20.8 Å². The van der Waals surface area contributed by atoms with Gasteiger partial charge in [0.1, 0.15) is 0 Å². The predicted molar refractivity (Wildman–Crippen MR) is 164 cm³/mol. The number of anilines is 3. The molecule has 0 atom stereocenters. The fourth-order valence-electron chi connectivity index (χ4n) is 4.98. The summed E-state index contributed by atoms with van der Waals surface area (Å²) in [5.41, 5.74) is 7.88. The summed E-state index contributed by atoms with van der Waals surface area (Å²) in [5.74, 6) is 0.210. The van der Waals surface area contributed by atoms with E-state index >= 15 is 0 Å². The summed E-state index contributed by atoms with van der Waals surface area (Å²) in [6.45, 7) is 19.5. The highest BCUT2D eigenvalue weighted by Gasteiger charge is 2.18. The highest BCUT2D eigenvalue weighted by atomic mass is 15.1. The lowest BCUT2D eigenvalue weighted by Gasteiger charge is -2.25. The molecule has 0 fully saturated rings. The number of nitrogens with zero attached hydrogens (tertiary/aromatic N) is 3. The van der Waals surface area contributed by atoms with Crippen LogP contribution in [-0.4, -0.2) is 39.3 Å². The zero-order valence-electron chi connectivity index (χ0n) is 22.1. The lowest BCUT2D eigenvalue weighted by atomic mass is 9.85. The molecular weight excluding hydrogens is 438 g/mol. The Morgan fingerprint density at radius 1 is 0.389 bits per heavy atom. The minimum absolute atomic E-state index is 0. The van der Waals surface area contributed by atoms with Crippen molar-refractivity contribution in [2.45, 2.75) is 62.3 Å². The fourth-order valence-corrected chi connectivity index (χ4v) is 4.98. The first-order valence-electron chi connectivity index (χ1n) is 13.1. The van der Waals surface area contributed by atoms with Gasteiger partial charge in [-0.15, -0.1) is 0 Å². The first kappa shape index (κ1) is 31.1. The average Bonchev–Trinajstić information content (AvgIpc) is 2.89. The Kier molecular flexibility index (Phi) is 13.2. The van der Waals surface area contributed by atoms with Crippen LogP contribution in [0.25, 0.3) is 0 Å². The van der Waals surface area contributed by atoms with E-state index in [2.05, 4.69) is 129 Å². The molecule has 0 amide bonds. The van der Waals surface area contributed by atoms with Crippen LogP contribution in [0.15, 0.2) is 72.8 Å². The zero-order valence-corrected chi connectivity index (χ0v) is 22.1. The Morgan fingerprint density at radius 2 is 0.583 bits per heavy atom. The van der Waals surface area contributed by atoms with Crippen molar-refractivity contribution in [3.05, 3.63) is 89.5 Å². The molecule has 0 aliphatic carbocycles. The van der Waals surface area contributed by atoms with E-state index in [0.29, 0.717) is 0 Å². The van der Waals surface area contributed by atoms with E-state index in [9.17, 15) is 0 Å². The van der Waals surface area contributed by atoms with E-state index < -0.39 is 0 Å². The molecule has 3 aromatic carbocycles. The van der Waals surface area contributed by atoms with Crippen molar-refractivity contribution in [2.75, 3.05) is 54.0 Å². The topological polar surface area (TPSA) is 9.72 Å². The van der Waals surface area contributed by atoms with E-state index in [1.807, 2.05) is 0 Å². The van der Waals surface area contributed by atoms with Gasteiger partial charge in [-0.05, 0) is 94.6 Å². The van der Waals surface area contributed by atoms with Crippen molar-refractivity contribution < 1.29 is 0 Å². The van der Waals surface area contributed by atoms with Crippen molar-refractivity contribution >= 4 is 17.1 Å². The van der Waals surface area contributed by atoms with Gasteiger partial charge in [-0.2, -0.15) is 0 Å². The van der Waals surface area contributed by atoms with E-state index in [1.54, 1.807) is 0 Å². The van der Waals surface area contributed by atoms with E-state index in [1.165, 1.54) is 33.8 Å². The Morgan fingerprint density at radius 3 is 0.750 bits per heavy atom. The Balaban J connectivity index is 0.00000324. The van der Waals surface area contributed by atoms with Crippen LogP contribution >= 0.6 is 0 Å². The van der Waals surface area contributed by atoms with Crippen molar-refractivity contribution in [3.8, 4) is 0 Å². The van der Waals surface area contributed by atoms with Crippen LogP contribution in [-0.2, 0) is 0 Å². The van der Waals surface area contributed by atoms with Gasteiger partial charge in [-0.25, -0.2) is 0 Å². The van der Waals surface area contributed by atoms with Crippen LogP contribution in [0.1, 0.15) is 79.0 Å². The molecule has 3 aromatic rings. The first-order chi connectivity index (χ1) is 16.6. The van der Waals surface area contributed by atoms with Gasteiger partial charge in [-0.1, -0.05) is 51.3 Å². The molecule has 36 heavy (non-hydrogen) atoms. The summed E-state index contributed by atoms with van der Waals surface area (Å²) in [6, 6.07) is 27.6. The highest BCUT2D eigenvalue weighted by Crippen LogP contribution is 2.35. The third-order valence-electron chi connectivity index (χ3n) is 7.07. The normalized spacial score (nSPS) is 10.4. The molecule has 0 saturated carbocycles. The summed E-state index contributed by atoms with van der Waals surface area (Å²) >= 11 is 0. The maximum absolute atomic E-state index is 2.40. The average molecular weight is 490 g/mol. The van der Waals surface area contributed by atoms with Gasteiger partial charge in [0.05, 0.1) is 0 Å². The van der Waals surface area contributed by atoms with Crippen LogP contribution in [0, 0.1) is 0 Å². The molecule has 198 valence electrons. The third-order valence-corrected chi connectivity index (χ3v) is 7.07. The molecule has 0 unspecified atom stereocenters. The fraction of sp³-hybridized carbons (Fsp3) is 0.455. The van der Waals surface area contributed by atoms with Crippen LogP contribution in [0.5, 0.6) is 0 Å². The molecular formula is C33H51N3. The Labute approximate surface area is 222 Å². The summed E-state index contributed by atoms with van der Waals surface area (Å²) in [4.78, 5) is 7.20. The molecule has 0 spiro atoms. The van der Waals surface area contributed by atoms with Gasteiger partial charge < -0.3 is 14.7 Å². The molecule has 0 radical (unpaired) electrons. The molecule has 0 aliphatic rings. The second-order valence-corrected chi connectivity index (χ2v) is 8.72. The van der Waals surface area contributed by atoms with Gasteiger partial charge in [0.25, 0.3) is 0 Å². The minimum atomic E-state index is 0. The monoisotopic (exact) mass is 489 g/mol. The van der Waals surface area contributed by atoms with Gasteiger partial charge in [-0.3, -0.25) is 0 Å². The second-order valence-electron chi connectivity index (χ2n) is 8.72. The molecule has 0 aromatic heterocycles. The lowest BCUT2D eigenvalue weighted by Crippen LogP contribution is -2.22. The van der Waals surface area contributed by atoms with Gasteiger partial charge >= 0.3 is 0 Å². The number of hydrogen-bond acceptors (Lipinski definition) is 3. The Bertz CT molecular complexity index is 833. The molecule has 0 N–H and O–H groups in total. The molecule has 3 heteroatoms. The first-order valence-corrected chi connectivity index (χ1v) is 13.1.